The fraction of sp³-hybridized carbons (Fsp3) is 0.127. The zero-order valence-corrected chi connectivity index (χ0v) is 50.6. The van der Waals surface area contributed by atoms with Crippen molar-refractivity contribution in [2.75, 3.05) is 0 Å². The van der Waals surface area contributed by atoms with Gasteiger partial charge in [0.05, 0.1) is 68.3 Å². The molecule has 0 aliphatic rings. The monoisotopic (exact) mass is 1300 g/mol. The molecule has 0 aliphatic carbocycles. The van der Waals surface area contributed by atoms with Gasteiger partial charge in [-0.2, -0.15) is 0 Å². The largest absolute Gasteiger partial charge is 4.00 e. The van der Waals surface area contributed by atoms with Crippen LogP contribution in [0.25, 0.3) is 68.3 Å². The Morgan fingerprint density at radius 2 is 0.367 bits per heavy atom. The second kappa shape index (κ2) is 35.1. The minimum Gasteiger partial charge on any atom is -1.00 e. The maximum atomic E-state index is 4.59. The maximum Gasteiger partial charge on any atom is 4.00 e. The third-order valence-electron chi connectivity index (χ3n) is 11.0. The van der Waals surface area contributed by atoms with Crippen molar-refractivity contribution in [2.24, 2.45) is 0 Å². The predicted molar refractivity (Wildman–Crippen MR) is 298 cm³/mol. The summed E-state index contributed by atoms with van der Waals surface area (Å²) in [7, 11) is 0. The molecule has 0 N–H and O–H groups in total. The van der Waals surface area contributed by atoms with Crippen LogP contribution in [0.5, 0.6) is 0 Å². The van der Waals surface area contributed by atoms with E-state index >= 15 is 0 Å². The summed E-state index contributed by atoms with van der Waals surface area (Å²) < 4.78 is 0. The van der Waals surface area contributed by atoms with Gasteiger partial charge in [0.25, 0.3) is 0 Å². The van der Waals surface area contributed by atoms with E-state index in [0.29, 0.717) is 0 Å². The molecule has 0 radical (unpaired) electrons. The first kappa shape index (κ1) is 67.6. The normalized spacial score (nSPS) is 9.52. The average molecular weight is 1300 g/mol. The number of aryl methyl sites for hydroxylation is 8. The number of pyridine rings is 11. The second-order valence-corrected chi connectivity index (χ2v) is 17.6. The second-order valence-electron chi connectivity index (χ2n) is 17.6. The summed E-state index contributed by atoms with van der Waals surface area (Å²) in [4.78, 5) is 47.5. The molecule has 0 aliphatic heterocycles. The van der Waals surface area contributed by atoms with Crippen LogP contribution in [-0.4, -0.2) is 54.8 Å². The van der Waals surface area contributed by atoms with E-state index < -0.39 is 0 Å². The van der Waals surface area contributed by atoms with Crippen molar-refractivity contribution in [3.8, 4) is 68.3 Å². The Bertz CT molecular complexity index is 2970. The first-order chi connectivity index (χ1) is 35.9. The quantitative estimate of drug-likeness (QED) is 0.242. The fourth-order valence-electron chi connectivity index (χ4n) is 7.16. The van der Waals surface area contributed by atoms with E-state index in [2.05, 4.69) is 110 Å². The Morgan fingerprint density at radius 1 is 0.190 bits per heavy atom. The molecule has 402 valence electrons. The molecule has 0 fully saturated rings. The molecule has 0 aromatic carbocycles. The van der Waals surface area contributed by atoms with Gasteiger partial charge in [-0.25, -0.2) is 4.98 Å². The Balaban J connectivity index is 0.000000334. The molecule has 11 aromatic heterocycles. The first-order valence-electron chi connectivity index (χ1n) is 24.2. The fourth-order valence-corrected chi connectivity index (χ4v) is 7.16. The van der Waals surface area contributed by atoms with E-state index in [0.717, 1.165) is 68.3 Å². The van der Waals surface area contributed by atoms with Crippen molar-refractivity contribution in [1.29, 1.82) is 0 Å². The van der Waals surface area contributed by atoms with Crippen LogP contribution in [0.15, 0.2) is 214 Å². The van der Waals surface area contributed by atoms with Crippen LogP contribution in [0.1, 0.15) is 44.5 Å². The van der Waals surface area contributed by atoms with Crippen molar-refractivity contribution in [2.45, 2.75) is 55.4 Å². The number of nitrogens with zero attached hydrogens (tertiary/aromatic N) is 11. The minimum absolute atomic E-state index is 0. The van der Waals surface area contributed by atoms with Gasteiger partial charge in [-0.05, 0) is 233 Å². The maximum absolute atomic E-state index is 4.59. The summed E-state index contributed by atoms with van der Waals surface area (Å²) in [6.45, 7) is 16.5. The predicted octanol–water partition coefficient (Wildman–Crippen LogP) is 2.26. The van der Waals surface area contributed by atoms with Crippen LogP contribution in [0.2, 0.25) is 0 Å². The summed E-state index contributed by atoms with van der Waals surface area (Å²) in [6.07, 6.45) is 18.0. The van der Waals surface area contributed by atoms with Gasteiger partial charge in [0.15, 0.2) is 0 Å². The number of rotatable bonds is 6. The minimum atomic E-state index is 0. The molecule has 0 spiro atoms. The number of hydrogen-bond acceptors (Lipinski definition) is 11. The molecule has 11 aromatic rings. The van der Waals surface area contributed by atoms with E-state index in [1.807, 2.05) is 201 Å². The van der Waals surface area contributed by atoms with Gasteiger partial charge >= 0.3 is 19.8 Å². The zero-order valence-electron chi connectivity index (χ0n) is 45.0. The molecule has 0 saturated heterocycles. The summed E-state index contributed by atoms with van der Waals surface area (Å²) in [6, 6.07) is 49.7. The van der Waals surface area contributed by atoms with E-state index in [1.165, 1.54) is 44.5 Å². The molecular formula is C63H59Cl4N11Os. The summed E-state index contributed by atoms with van der Waals surface area (Å²) in [5.41, 5.74) is 20.6. The van der Waals surface area contributed by atoms with Crippen LogP contribution in [0.3, 0.4) is 0 Å². The van der Waals surface area contributed by atoms with Crippen LogP contribution < -0.4 is 49.6 Å². The van der Waals surface area contributed by atoms with E-state index in [1.54, 1.807) is 12.4 Å². The molecule has 11 rings (SSSR count). The summed E-state index contributed by atoms with van der Waals surface area (Å²) in [5, 5.41) is 0. The van der Waals surface area contributed by atoms with Crippen molar-refractivity contribution in [3.05, 3.63) is 258 Å². The third kappa shape index (κ3) is 22.0. The molecule has 16 heteroatoms. The molecule has 0 atom stereocenters. The topological polar surface area (TPSA) is 142 Å². The Kier molecular flexibility index (Phi) is 30.0. The SMILES string of the molecule is Cc1ccnc(-c2cc(C)ccn2)c1.Cc1ccnc(-c2cc(C)ccn2)c1.Cc1ccnc(-c2cc(C)ccn2)c1.Cc1ccnc(-c2cc(C)ccn2)c1.[Cl-].[Cl-].[Cl-].[Cl-].[Os+4].c1ccc(-c2cccc(-c3ccccn3)n2)nc1. The van der Waals surface area contributed by atoms with E-state index in [-0.39, 0.29) is 69.4 Å². The third-order valence-corrected chi connectivity index (χ3v) is 11.0. The van der Waals surface area contributed by atoms with Crippen molar-refractivity contribution >= 4 is 0 Å². The Hall–Kier alpha value is -7.55. The van der Waals surface area contributed by atoms with Crippen LogP contribution in [0, 0.1) is 55.4 Å². The Morgan fingerprint density at radius 3 is 0.532 bits per heavy atom. The van der Waals surface area contributed by atoms with Gasteiger partial charge in [-0.3, -0.25) is 49.8 Å². The standard InChI is InChI=1S/C15H11N3.4C12H12N2.4ClH.Os/c1-3-10-16-12(6-1)14-8-5-9-15(18-14)13-7-2-4-11-17-13;4*1-9-3-5-13-11(7-9)12-8-10(2)4-6-14-12;;;;;/h1-11H;4*3-8H,1-2H3;4*1H;/q;;;;;;;;;+4/p-4. The number of hydrogen-bond donors (Lipinski definition) is 0. The van der Waals surface area contributed by atoms with Gasteiger partial charge in [-0.1, -0.05) is 18.2 Å². The summed E-state index contributed by atoms with van der Waals surface area (Å²) in [5.74, 6) is 0. The molecule has 0 unspecified atom stereocenters. The van der Waals surface area contributed by atoms with E-state index in [4.69, 9.17) is 0 Å². The first-order valence-corrected chi connectivity index (χ1v) is 24.2. The molecule has 11 nitrogen and oxygen atoms in total. The molecule has 0 bridgehead atoms. The number of aromatic nitrogens is 11. The van der Waals surface area contributed by atoms with E-state index in [9.17, 15) is 0 Å². The van der Waals surface area contributed by atoms with Gasteiger partial charge < -0.3 is 49.6 Å². The van der Waals surface area contributed by atoms with Crippen LogP contribution in [-0.2, 0) is 19.8 Å². The zero-order chi connectivity index (χ0) is 52.1. The molecule has 0 amide bonds. The molecule has 79 heavy (non-hydrogen) atoms. The average Bonchev–Trinajstić information content (AvgIpc) is 3.42. The van der Waals surface area contributed by atoms with Gasteiger partial charge in [0.2, 0.25) is 0 Å². The smallest absolute Gasteiger partial charge is 1.00 e. The van der Waals surface area contributed by atoms with Crippen molar-refractivity contribution in [3.63, 3.8) is 0 Å². The van der Waals surface area contributed by atoms with Gasteiger partial charge in [-0.15, -0.1) is 0 Å². The molecule has 11 heterocycles. The number of halogens is 4. The molecule has 0 saturated carbocycles. The van der Waals surface area contributed by atoms with Crippen LogP contribution in [0.4, 0.5) is 0 Å². The Labute approximate surface area is 502 Å². The van der Waals surface area contributed by atoms with Gasteiger partial charge in [0.1, 0.15) is 0 Å². The van der Waals surface area contributed by atoms with Crippen molar-refractivity contribution in [1.82, 2.24) is 54.8 Å². The van der Waals surface area contributed by atoms with Crippen molar-refractivity contribution < 1.29 is 69.4 Å². The van der Waals surface area contributed by atoms with Gasteiger partial charge in [0, 0.05) is 62.0 Å². The summed E-state index contributed by atoms with van der Waals surface area (Å²) >= 11 is 0. The molecular weight excluding hydrogens is 1240 g/mol. The van der Waals surface area contributed by atoms with Crippen LogP contribution >= 0.6 is 0 Å².